The van der Waals surface area contributed by atoms with E-state index in [4.69, 9.17) is 14.2 Å². The number of rotatable bonds is 15. The molecule has 38 heavy (non-hydrogen) atoms. The molecule has 3 aromatic carbocycles. The summed E-state index contributed by atoms with van der Waals surface area (Å²) in [5.74, 6) is 4.39. The zero-order valence-electron chi connectivity index (χ0n) is 21.3. The Morgan fingerprint density at radius 3 is 0.947 bits per heavy atom. The summed E-state index contributed by atoms with van der Waals surface area (Å²) in [7, 11) is 0. The van der Waals surface area contributed by atoms with Crippen LogP contribution in [0.3, 0.4) is 0 Å². The summed E-state index contributed by atoms with van der Waals surface area (Å²) in [5, 5.41) is 0.253. The molecule has 3 unspecified atom stereocenters. The van der Waals surface area contributed by atoms with Gasteiger partial charge in [0.1, 0.15) is 37.1 Å². The van der Waals surface area contributed by atoms with E-state index in [0.717, 1.165) is 33.9 Å². The van der Waals surface area contributed by atoms with Crippen LogP contribution in [-0.4, -0.2) is 52.8 Å². The first-order valence-electron chi connectivity index (χ1n) is 12.4. The average Bonchev–Trinajstić information content (AvgIpc) is 2.97. The normalized spacial score (nSPS) is 15.2. The third kappa shape index (κ3) is 8.83. The number of benzene rings is 3. The Labute approximate surface area is 260 Å². The summed E-state index contributed by atoms with van der Waals surface area (Å²) in [4.78, 5) is 0. The van der Waals surface area contributed by atoms with Crippen LogP contribution >= 0.6 is 75.8 Å². The molecule has 0 N–H and O–H groups in total. The van der Waals surface area contributed by atoms with E-state index in [-0.39, 0.29) is 15.7 Å². The summed E-state index contributed by atoms with van der Waals surface area (Å²) in [6.45, 7) is 3.75. The van der Waals surface area contributed by atoms with Crippen molar-refractivity contribution in [3.63, 3.8) is 0 Å². The van der Waals surface area contributed by atoms with E-state index < -0.39 is 5.41 Å². The molecule has 0 bridgehead atoms. The number of hydrogen-bond acceptors (Lipinski definition) is 9. The summed E-state index contributed by atoms with van der Waals surface area (Å²) >= 11 is 26.2. The van der Waals surface area contributed by atoms with Gasteiger partial charge in [0.05, 0.1) is 0 Å². The van der Waals surface area contributed by atoms with Crippen LogP contribution in [0.2, 0.25) is 0 Å². The SMILES string of the molecule is CC(c1ccc(OCC(S)CS)cc1)(c1ccc(OCC(S)CS)cc1)c1ccc(OCC(S)CS)cc1. The Morgan fingerprint density at radius 1 is 0.500 bits per heavy atom. The Morgan fingerprint density at radius 2 is 0.737 bits per heavy atom. The van der Waals surface area contributed by atoms with Gasteiger partial charge in [-0.1, -0.05) is 36.4 Å². The molecule has 0 aliphatic carbocycles. The Kier molecular flexibility index (Phi) is 13.2. The molecule has 206 valence electrons. The first kappa shape index (κ1) is 31.7. The molecule has 0 radical (unpaired) electrons. The zero-order chi connectivity index (χ0) is 27.5. The third-order valence-electron chi connectivity index (χ3n) is 6.25. The second-order valence-corrected chi connectivity index (χ2v) is 12.4. The molecule has 0 saturated heterocycles. The average molecular weight is 625 g/mol. The van der Waals surface area contributed by atoms with Gasteiger partial charge in [0.2, 0.25) is 0 Å². The third-order valence-corrected chi connectivity index (χ3v) is 9.44. The maximum absolute atomic E-state index is 5.90. The monoisotopic (exact) mass is 624 g/mol. The van der Waals surface area contributed by atoms with Crippen molar-refractivity contribution in [3.05, 3.63) is 89.5 Å². The lowest BCUT2D eigenvalue weighted by Crippen LogP contribution is -2.25. The number of thiol groups is 6. The fraction of sp³-hybridized carbons (Fsp3) is 0.379. The van der Waals surface area contributed by atoms with Gasteiger partial charge in [-0.2, -0.15) is 75.8 Å². The van der Waals surface area contributed by atoms with Crippen molar-refractivity contribution in [2.45, 2.75) is 28.1 Å². The maximum atomic E-state index is 5.90. The first-order chi connectivity index (χ1) is 18.3. The molecule has 3 atom stereocenters. The number of ether oxygens (including phenoxy) is 3. The quantitative estimate of drug-likeness (QED) is 0.0825. The van der Waals surface area contributed by atoms with E-state index in [2.05, 4.69) is 119 Å². The van der Waals surface area contributed by atoms with E-state index in [1.165, 1.54) is 0 Å². The molecular formula is C29H36O3S6. The highest BCUT2D eigenvalue weighted by atomic mass is 32.1. The maximum Gasteiger partial charge on any atom is 0.119 e. The van der Waals surface area contributed by atoms with Crippen LogP contribution in [0.5, 0.6) is 17.2 Å². The minimum absolute atomic E-state index is 0.0842. The molecule has 0 aliphatic rings. The Hall–Kier alpha value is -0.840. The van der Waals surface area contributed by atoms with Crippen molar-refractivity contribution in [3.8, 4) is 17.2 Å². The summed E-state index contributed by atoms with van der Waals surface area (Å²) < 4.78 is 17.7. The summed E-state index contributed by atoms with van der Waals surface area (Å²) in [6, 6.07) is 24.8. The molecule has 0 aliphatic heterocycles. The van der Waals surface area contributed by atoms with Crippen LogP contribution < -0.4 is 14.2 Å². The Balaban J connectivity index is 1.91. The minimum Gasteiger partial charge on any atom is -0.492 e. The second-order valence-electron chi connectivity index (χ2n) is 9.14. The molecule has 3 rings (SSSR count). The highest BCUT2D eigenvalue weighted by molar-refractivity contribution is 7.85. The predicted octanol–water partition coefficient (Wildman–Crippen LogP) is 6.86. The lowest BCUT2D eigenvalue weighted by atomic mass is 9.71. The fourth-order valence-corrected chi connectivity index (χ4v) is 4.43. The van der Waals surface area contributed by atoms with Gasteiger partial charge in [0.25, 0.3) is 0 Å². The van der Waals surface area contributed by atoms with Gasteiger partial charge < -0.3 is 14.2 Å². The van der Waals surface area contributed by atoms with E-state index in [1.54, 1.807) is 0 Å². The second kappa shape index (κ2) is 15.8. The highest BCUT2D eigenvalue weighted by Gasteiger charge is 2.31. The molecule has 0 aromatic heterocycles. The van der Waals surface area contributed by atoms with E-state index in [1.807, 2.05) is 36.4 Å². The van der Waals surface area contributed by atoms with E-state index >= 15 is 0 Å². The van der Waals surface area contributed by atoms with Gasteiger partial charge in [0.15, 0.2) is 0 Å². The predicted molar refractivity (Wildman–Crippen MR) is 181 cm³/mol. The molecule has 0 fully saturated rings. The largest absolute Gasteiger partial charge is 0.492 e. The van der Waals surface area contributed by atoms with Gasteiger partial charge in [-0.15, -0.1) is 0 Å². The van der Waals surface area contributed by atoms with Gasteiger partial charge in [-0.3, -0.25) is 0 Å². The lowest BCUT2D eigenvalue weighted by Gasteiger charge is -2.32. The molecule has 0 saturated carbocycles. The zero-order valence-corrected chi connectivity index (χ0v) is 26.7. The molecular weight excluding hydrogens is 589 g/mol. The van der Waals surface area contributed by atoms with Crippen molar-refractivity contribution in [2.24, 2.45) is 0 Å². The van der Waals surface area contributed by atoms with Crippen molar-refractivity contribution in [1.82, 2.24) is 0 Å². The topological polar surface area (TPSA) is 27.7 Å². The molecule has 9 heteroatoms. The minimum atomic E-state index is -0.429. The Bertz CT molecular complexity index is 953. The van der Waals surface area contributed by atoms with Crippen LogP contribution in [0.4, 0.5) is 0 Å². The van der Waals surface area contributed by atoms with Crippen LogP contribution in [0.15, 0.2) is 72.8 Å². The lowest BCUT2D eigenvalue weighted by molar-refractivity contribution is 0.323. The van der Waals surface area contributed by atoms with Crippen molar-refractivity contribution >= 4 is 75.8 Å². The molecule has 3 nitrogen and oxygen atoms in total. The van der Waals surface area contributed by atoms with Crippen LogP contribution in [0.25, 0.3) is 0 Å². The highest BCUT2D eigenvalue weighted by Crippen LogP contribution is 2.40. The van der Waals surface area contributed by atoms with Gasteiger partial charge >= 0.3 is 0 Å². The van der Waals surface area contributed by atoms with Gasteiger partial charge in [-0.05, 0) is 60.0 Å². The van der Waals surface area contributed by atoms with Crippen molar-refractivity contribution < 1.29 is 14.2 Å². The number of hydrogen-bond donors (Lipinski definition) is 6. The van der Waals surface area contributed by atoms with Crippen LogP contribution in [0.1, 0.15) is 23.6 Å². The molecule has 0 spiro atoms. The van der Waals surface area contributed by atoms with Crippen LogP contribution in [0, 0.1) is 0 Å². The molecule has 0 amide bonds. The molecule has 0 heterocycles. The van der Waals surface area contributed by atoms with Gasteiger partial charge in [0, 0.05) is 38.4 Å². The van der Waals surface area contributed by atoms with Crippen molar-refractivity contribution in [2.75, 3.05) is 37.1 Å². The van der Waals surface area contributed by atoms with Crippen LogP contribution in [-0.2, 0) is 5.41 Å². The van der Waals surface area contributed by atoms with E-state index in [9.17, 15) is 0 Å². The van der Waals surface area contributed by atoms with E-state index in [0.29, 0.717) is 37.1 Å². The fourth-order valence-electron chi connectivity index (χ4n) is 3.89. The summed E-state index contributed by atoms with van der Waals surface area (Å²) in [6.07, 6.45) is 0. The van der Waals surface area contributed by atoms with Crippen molar-refractivity contribution in [1.29, 1.82) is 0 Å². The summed E-state index contributed by atoms with van der Waals surface area (Å²) in [5.41, 5.74) is 2.99. The van der Waals surface area contributed by atoms with Gasteiger partial charge in [-0.25, -0.2) is 0 Å². The smallest absolute Gasteiger partial charge is 0.119 e. The standard InChI is InChI=1S/C29H36O3S6/c1-29(20-2-8-23(9-3-20)30-14-26(36)17-33,21-4-10-24(11-5-21)31-15-27(37)18-34)22-6-12-25(13-7-22)32-16-28(38)19-35/h2-13,26-28,33-38H,14-19H2,1H3. The first-order valence-corrected chi connectivity index (χ1v) is 15.8. The molecule has 3 aromatic rings.